The summed E-state index contributed by atoms with van der Waals surface area (Å²) in [5.74, 6) is -1.28. The van der Waals surface area contributed by atoms with Gasteiger partial charge >= 0.3 is 11.8 Å². The number of nitrogens with zero attached hydrogens (tertiary/aromatic N) is 1. The fraction of sp³-hybridized carbons (Fsp3) is 0.333. The Morgan fingerprint density at radius 2 is 2.08 bits per heavy atom. The molecule has 1 saturated heterocycles. The number of hydrazone groups is 1. The summed E-state index contributed by atoms with van der Waals surface area (Å²) in [6.07, 6.45) is 3.10. The Morgan fingerprint density at radius 1 is 1.28 bits per heavy atom. The quantitative estimate of drug-likeness (QED) is 0.170. The first-order valence-corrected chi connectivity index (χ1v) is 12.5. The maximum absolute atomic E-state index is 12.4. The summed E-state index contributed by atoms with van der Waals surface area (Å²) in [7, 11) is 1.47. The van der Waals surface area contributed by atoms with E-state index in [1.54, 1.807) is 30.3 Å². The smallest absolute Gasteiger partial charge is 0.329 e. The zero-order valence-electron chi connectivity index (χ0n) is 19.7. The number of hydrogen-bond donors (Lipinski definition) is 3. The zero-order valence-corrected chi connectivity index (χ0v) is 22.6. The van der Waals surface area contributed by atoms with Crippen molar-refractivity contribution in [3.63, 3.8) is 0 Å². The van der Waals surface area contributed by atoms with E-state index in [2.05, 4.69) is 21.2 Å². The Hall–Kier alpha value is -2.90. The van der Waals surface area contributed by atoms with Gasteiger partial charge in [-0.1, -0.05) is 17.7 Å². The summed E-state index contributed by atoms with van der Waals surface area (Å²) in [6, 6.07) is 8.60. The zero-order chi connectivity index (χ0) is 26.1. The lowest BCUT2D eigenvalue weighted by molar-refractivity contribution is -0.139. The molecule has 0 unspecified atom stereocenters. The van der Waals surface area contributed by atoms with Crippen LogP contribution in [0.2, 0.25) is 5.02 Å². The lowest BCUT2D eigenvalue weighted by Gasteiger charge is -2.14. The van der Waals surface area contributed by atoms with Gasteiger partial charge in [0, 0.05) is 23.9 Å². The van der Waals surface area contributed by atoms with Crippen LogP contribution in [0, 0.1) is 10.5 Å². The van der Waals surface area contributed by atoms with Gasteiger partial charge in [0.25, 0.3) is 5.91 Å². The summed E-state index contributed by atoms with van der Waals surface area (Å²) >= 11 is 8.14. The van der Waals surface area contributed by atoms with Crippen molar-refractivity contribution in [2.24, 2.45) is 5.10 Å². The Kier molecular flexibility index (Phi) is 10.3. The van der Waals surface area contributed by atoms with Crippen LogP contribution in [0.4, 0.5) is 5.69 Å². The molecule has 192 valence electrons. The molecule has 2 aromatic rings. The molecule has 0 bridgehead atoms. The predicted octanol–water partition coefficient (Wildman–Crippen LogP) is 3.02. The highest BCUT2D eigenvalue weighted by Crippen LogP contribution is 2.33. The third-order valence-corrected chi connectivity index (χ3v) is 6.45. The Morgan fingerprint density at radius 3 is 2.81 bits per heavy atom. The van der Waals surface area contributed by atoms with E-state index in [1.807, 2.05) is 29.5 Å². The van der Waals surface area contributed by atoms with Gasteiger partial charge < -0.3 is 24.8 Å². The summed E-state index contributed by atoms with van der Waals surface area (Å²) in [6.45, 7) is 2.51. The highest BCUT2D eigenvalue weighted by molar-refractivity contribution is 14.1. The van der Waals surface area contributed by atoms with E-state index in [4.69, 9.17) is 25.8 Å². The molecule has 0 radical (unpaired) electrons. The van der Waals surface area contributed by atoms with Crippen molar-refractivity contribution in [1.29, 1.82) is 0 Å². The van der Waals surface area contributed by atoms with Crippen LogP contribution < -0.4 is 25.5 Å². The third kappa shape index (κ3) is 7.80. The minimum atomic E-state index is -0.883. The van der Waals surface area contributed by atoms with Gasteiger partial charge in [-0.15, -0.1) is 0 Å². The van der Waals surface area contributed by atoms with Gasteiger partial charge in [-0.3, -0.25) is 14.4 Å². The number of amides is 3. The molecule has 1 aliphatic heterocycles. The molecule has 3 amide bonds. The van der Waals surface area contributed by atoms with E-state index in [-0.39, 0.29) is 25.2 Å². The first-order chi connectivity index (χ1) is 17.3. The van der Waals surface area contributed by atoms with Gasteiger partial charge in [-0.2, -0.15) is 5.10 Å². The molecule has 3 N–H and O–H groups in total. The fourth-order valence-electron chi connectivity index (χ4n) is 3.33. The molecular weight excluding hydrogens is 603 g/mol. The van der Waals surface area contributed by atoms with Gasteiger partial charge in [0.2, 0.25) is 0 Å². The molecule has 0 spiro atoms. The largest absolute Gasteiger partial charge is 0.493 e. The standard InChI is InChI=1S/C24H26ClIN4O6/c1-14-17(25)6-3-7-19(14)29-21(31)13-36-22-18(26)9-15(10-20(22)34-2)11-28-30-24(33)23(32)27-12-16-5-4-8-35-16/h3,6-7,9-11,16H,4-5,8,12-13H2,1-2H3,(H,27,32)(H,29,31)(H,30,33)/b28-11-/t16-/m1/s1. The van der Waals surface area contributed by atoms with E-state index in [0.29, 0.717) is 37.9 Å². The van der Waals surface area contributed by atoms with Crippen LogP contribution in [-0.2, 0) is 19.1 Å². The number of methoxy groups -OCH3 is 1. The highest BCUT2D eigenvalue weighted by Gasteiger charge is 2.19. The van der Waals surface area contributed by atoms with Crippen LogP contribution in [0.5, 0.6) is 11.5 Å². The predicted molar refractivity (Wildman–Crippen MR) is 144 cm³/mol. The molecule has 1 heterocycles. The minimum absolute atomic E-state index is 0.0625. The molecule has 10 nitrogen and oxygen atoms in total. The van der Waals surface area contributed by atoms with Crippen LogP contribution in [0.1, 0.15) is 24.0 Å². The number of halogens is 2. The molecule has 1 atom stereocenters. The monoisotopic (exact) mass is 628 g/mol. The van der Waals surface area contributed by atoms with Crippen molar-refractivity contribution in [3.8, 4) is 11.5 Å². The van der Waals surface area contributed by atoms with E-state index in [1.165, 1.54) is 13.3 Å². The Balaban J connectivity index is 1.54. The van der Waals surface area contributed by atoms with Crippen LogP contribution in [0.15, 0.2) is 35.4 Å². The van der Waals surface area contributed by atoms with Crippen LogP contribution in [-0.4, -0.2) is 56.9 Å². The number of hydrogen-bond acceptors (Lipinski definition) is 7. The second-order valence-corrected chi connectivity index (χ2v) is 9.40. The Labute approximate surface area is 227 Å². The van der Waals surface area contributed by atoms with Crippen molar-refractivity contribution in [1.82, 2.24) is 10.7 Å². The molecular formula is C24H26ClIN4O6. The highest BCUT2D eigenvalue weighted by atomic mass is 127. The van der Waals surface area contributed by atoms with Crippen molar-refractivity contribution < 1.29 is 28.6 Å². The summed E-state index contributed by atoms with van der Waals surface area (Å²) in [4.78, 5) is 36.2. The first-order valence-electron chi connectivity index (χ1n) is 11.1. The van der Waals surface area contributed by atoms with Crippen molar-refractivity contribution in [3.05, 3.63) is 50.1 Å². The van der Waals surface area contributed by atoms with E-state index < -0.39 is 11.8 Å². The molecule has 0 saturated carbocycles. The molecule has 1 aliphatic rings. The molecule has 3 rings (SSSR count). The number of ether oxygens (including phenoxy) is 3. The number of nitrogens with one attached hydrogen (secondary N) is 3. The number of anilines is 1. The molecule has 2 aromatic carbocycles. The van der Waals surface area contributed by atoms with Crippen LogP contribution in [0.3, 0.4) is 0 Å². The maximum Gasteiger partial charge on any atom is 0.329 e. The molecule has 12 heteroatoms. The second kappa shape index (κ2) is 13.4. The third-order valence-electron chi connectivity index (χ3n) is 5.24. The number of carbonyl (C=O) groups excluding carboxylic acids is 3. The summed E-state index contributed by atoms with van der Waals surface area (Å²) < 4.78 is 17.2. The average Bonchev–Trinajstić information content (AvgIpc) is 3.38. The Bertz CT molecular complexity index is 1150. The van der Waals surface area contributed by atoms with Crippen molar-refractivity contribution in [2.75, 3.05) is 32.2 Å². The van der Waals surface area contributed by atoms with Gasteiger partial charge in [0.05, 0.1) is 23.0 Å². The van der Waals surface area contributed by atoms with Gasteiger partial charge in [-0.25, -0.2) is 5.43 Å². The van der Waals surface area contributed by atoms with Crippen LogP contribution in [0.25, 0.3) is 0 Å². The normalized spacial score (nSPS) is 14.9. The topological polar surface area (TPSA) is 127 Å². The second-order valence-electron chi connectivity index (χ2n) is 7.83. The van der Waals surface area contributed by atoms with E-state index >= 15 is 0 Å². The number of rotatable bonds is 9. The van der Waals surface area contributed by atoms with Gasteiger partial charge in [-0.05, 0) is 77.7 Å². The summed E-state index contributed by atoms with van der Waals surface area (Å²) in [5, 5.41) is 9.68. The SMILES string of the molecule is COc1cc(/C=N\NC(=O)C(=O)NC[C@H]2CCCO2)cc(I)c1OCC(=O)Nc1cccc(Cl)c1C. The van der Waals surface area contributed by atoms with Crippen molar-refractivity contribution >= 4 is 63.8 Å². The van der Waals surface area contributed by atoms with Crippen LogP contribution >= 0.6 is 34.2 Å². The summed E-state index contributed by atoms with van der Waals surface area (Å²) in [5.41, 5.74) is 4.14. The first kappa shape index (κ1) is 27.7. The minimum Gasteiger partial charge on any atom is -0.493 e. The lowest BCUT2D eigenvalue weighted by Crippen LogP contribution is -2.41. The number of benzene rings is 2. The van der Waals surface area contributed by atoms with Crippen molar-refractivity contribution in [2.45, 2.75) is 25.9 Å². The maximum atomic E-state index is 12.4. The molecule has 0 aliphatic carbocycles. The lowest BCUT2D eigenvalue weighted by atomic mass is 10.2. The van der Waals surface area contributed by atoms with Gasteiger partial charge in [0.15, 0.2) is 18.1 Å². The van der Waals surface area contributed by atoms with E-state index in [9.17, 15) is 14.4 Å². The molecule has 0 aromatic heterocycles. The number of carbonyl (C=O) groups is 3. The van der Waals surface area contributed by atoms with Gasteiger partial charge in [0.1, 0.15) is 0 Å². The fourth-order valence-corrected chi connectivity index (χ4v) is 4.29. The average molecular weight is 629 g/mol. The van der Waals surface area contributed by atoms with E-state index in [0.717, 1.165) is 18.4 Å². The molecule has 36 heavy (non-hydrogen) atoms. The molecule has 1 fully saturated rings.